The average molecular weight is 307 g/mol. The summed E-state index contributed by atoms with van der Waals surface area (Å²) in [5.74, 6) is 0. The summed E-state index contributed by atoms with van der Waals surface area (Å²) < 4.78 is 1.55. The van der Waals surface area contributed by atoms with Gasteiger partial charge in [0.2, 0.25) is 0 Å². The Morgan fingerprint density at radius 2 is 1.92 bits per heavy atom. The van der Waals surface area contributed by atoms with Crippen molar-refractivity contribution in [1.82, 2.24) is 4.98 Å². The molecule has 1 atom stereocenters. The first-order chi connectivity index (χ1) is 6.04. The zero-order chi connectivity index (χ0) is 10.0. The summed E-state index contributed by atoms with van der Waals surface area (Å²) in [7, 11) is 0. The predicted octanol–water partition coefficient (Wildman–Crippen LogP) is 3.22. The lowest BCUT2D eigenvalue weighted by Crippen LogP contribution is -2.00. The van der Waals surface area contributed by atoms with Crippen molar-refractivity contribution in [3.05, 3.63) is 39.1 Å². The standard InChI is InChI=1S/C9H9Br2NO/c1-5(2)9(13)8-6(10)3-12-4-7(8)11/h3-4,9,13H,1H2,2H3. The van der Waals surface area contributed by atoms with Gasteiger partial charge in [-0.25, -0.2) is 0 Å². The molecule has 0 fully saturated rings. The molecule has 0 saturated heterocycles. The fourth-order valence-corrected chi connectivity index (χ4v) is 2.29. The van der Waals surface area contributed by atoms with Gasteiger partial charge in [0.15, 0.2) is 0 Å². The van der Waals surface area contributed by atoms with E-state index in [0.717, 1.165) is 14.5 Å². The van der Waals surface area contributed by atoms with E-state index in [1.54, 1.807) is 19.3 Å². The monoisotopic (exact) mass is 305 g/mol. The Labute approximate surface area is 94.0 Å². The third-order valence-corrected chi connectivity index (χ3v) is 2.89. The third-order valence-electron chi connectivity index (χ3n) is 1.63. The van der Waals surface area contributed by atoms with E-state index in [-0.39, 0.29) is 0 Å². The highest BCUT2D eigenvalue weighted by molar-refractivity contribution is 9.11. The summed E-state index contributed by atoms with van der Waals surface area (Å²) in [4.78, 5) is 3.95. The van der Waals surface area contributed by atoms with E-state index in [1.165, 1.54) is 0 Å². The van der Waals surface area contributed by atoms with Crippen LogP contribution >= 0.6 is 31.9 Å². The first kappa shape index (κ1) is 10.9. The fraction of sp³-hybridized carbons (Fsp3) is 0.222. The van der Waals surface area contributed by atoms with Gasteiger partial charge in [0.25, 0.3) is 0 Å². The first-order valence-corrected chi connectivity index (χ1v) is 5.25. The molecule has 4 heteroatoms. The van der Waals surface area contributed by atoms with Gasteiger partial charge in [-0.1, -0.05) is 6.58 Å². The molecule has 0 radical (unpaired) electrons. The largest absolute Gasteiger partial charge is 0.384 e. The van der Waals surface area contributed by atoms with Crippen molar-refractivity contribution in [2.45, 2.75) is 13.0 Å². The van der Waals surface area contributed by atoms with Crippen LogP contribution in [0.2, 0.25) is 0 Å². The van der Waals surface area contributed by atoms with Gasteiger partial charge in [-0.15, -0.1) is 0 Å². The van der Waals surface area contributed by atoms with E-state index < -0.39 is 6.10 Å². The minimum Gasteiger partial charge on any atom is -0.384 e. The maximum absolute atomic E-state index is 9.77. The highest BCUT2D eigenvalue weighted by Gasteiger charge is 2.15. The van der Waals surface area contributed by atoms with Crippen molar-refractivity contribution in [2.24, 2.45) is 0 Å². The summed E-state index contributed by atoms with van der Waals surface area (Å²) in [6, 6.07) is 0. The SMILES string of the molecule is C=C(C)C(O)c1c(Br)cncc1Br. The molecule has 0 bridgehead atoms. The van der Waals surface area contributed by atoms with Gasteiger partial charge in [-0.05, 0) is 44.4 Å². The first-order valence-electron chi connectivity index (χ1n) is 3.66. The molecule has 0 spiro atoms. The second kappa shape index (κ2) is 4.35. The summed E-state index contributed by atoms with van der Waals surface area (Å²) in [6.45, 7) is 5.48. The van der Waals surface area contributed by atoms with Crippen molar-refractivity contribution in [1.29, 1.82) is 0 Å². The quantitative estimate of drug-likeness (QED) is 0.851. The number of aromatic nitrogens is 1. The molecule has 0 aromatic carbocycles. The molecule has 0 aliphatic heterocycles. The highest BCUT2D eigenvalue weighted by atomic mass is 79.9. The second-order valence-corrected chi connectivity index (χ2v) is 4.47. The molecule has 1 unspecified atom stereocenters. The van der Waals surface area contributed by atoms with Crippen molar-refractivity contribution in [3.8, 4) is 0 Å². The van der Waals surface area contributed by atoms with E-state index in [0.29, 0.717) is 5.57 Å². The van der Waals surface area contributed by atoms with Crippen LogP contribution in [0.5, 0.6) is 0 Å². The van der Waals surface area contributed by atoms with Crippen molar-refractivity contribution in [3.63, 3.8) is 0 Å². The number of rotatable bonds is 2. The Morgan fingerprint density at radius 1 is 1.46 bits per heavy atom. The summed E-state index contributed by atoms with van der Waals surface area (Å²) >= 11 is 6.64. The van der Waals surface area contributed by atoms with Gasteiger partial charge in [0.1, 0.15) is 6.10 Å². The van der Waals surface area contributed by atoms with Crippen molar-refractivity contribution in [2.75, 3.05) is 0 Å². The molecular formula is C9H9Br2NO. The minimum atomic E-state index is -0.660. The summed E-state index contributed by atoms with van der Waals surface area (Å²) in [5.41, 5.74) is 1.47. The summed E-state index contributed by atoms with van der Waals surface area (Å²) in [5, 5.41) is 9.77. The van der Waals surface area contributed by atoms with Crippen LogP contribution in [0.4, 0.5) is 0 Å². The average Bonchev–Trinajstić information content (AvgIpc) is 2.03. The van der Waals surface area contributed by atoms with Crippen molar-refractivity contribution < 1.29 is 5.11 Å². The highest BCUT2D eigenvalue weighted by Crippen LogP contribution is 2.32. The second-order valence-electron chi connectivity index (χ2n) is 2.77. The van der Waals surface area contributed by atoms with E-state index in [9.17, 15) is 5.11 Å². The maximum atomic E-state index is 9.77. The zero-order valence-electron chi connectivity index (χ0n) is 7.09. The predicted molar refractivity (Wildman–Crippen MR) is 59.4 cm³/mol. The van der Waals surface area contributed by atoms with E-state index in [2.05, 4.69) is 43.4 Å². The molecule has 0 saturated carbocycles. The Kier molecular flexibility index (Phi) is 3.64. The van der Waals surface area contributed by atoms with Crippen LogP contribution in [0, 0.1) is 0 Å². The Hall–Kier alpha value is -0.190. The summed E-state index contributed by atoms with van der Waals surface area (Å²) in [6.07, 6.45) is 2.63. The van der Waals surface area contributed by atoms with Gasteiger partial charge in [-0.2, -0.15) is 0 Å². The Balaban J connectivity index is 3.20. The number of hydrogen-bond donors (Lipinski definition) is 1. The minimum absolute atomic E-state index is 0.660. The van der Waals surface area contributed by atoms with Crippen molar-refractivity contribution >= 4 is 31.9 Å². The molecular weight excluding hydrogens is 298 g/mol. The molecule has 1 rings (SSSR count). The van der Waals surface area contributed by atoms with Crippen LogP contribution in [0.25, 0.3) is 0 Å². The third kappa shape index (κ3) is 2.39. The normalized spacial score (nSPS) is 12.6. The zero-order valence-corrected chi connectivity index (χ0v) is 10.3. The number of nitrogens with zero attached hydrogens (tertiary/aromatic N) is 1. The van der Waals surface area contributed by atoms with E-state index in [4.69, 9.17) is 0 Å². The lowest BCUT2D eigenvalue weighted by Gasteiger charge is -2.13. The molecule has 0 amide bonds. The van der Waals surface area contributed by atoms with Crippen LogP contribution in [-0.2, 0) is 0 Å². The van der Waals surface area contributed by atoms with E-state index in [1.807, 2.05) is 0 Å². The molecule has 0 aliphatic rings. The van der Waals surface area contributed by atoms with Crippen LogP contribution in [0.15, 0.2) is 33.5 Å². The smallest absolute Gasteiger partial charge is 0.102 e. The Morgan fingerprint density at radius 3 is 2.31 bits per heavy atom. The number of aliphatic hydroxyl groups is 1. The van der Waals surface area contributed by atoms with Gasteiger partial charge in [-0.3, -0.25) is 4.98 Å². The molecule has 0 aliphatic carbocycles. The van der Waals surface area contributed by atoms with E-state index >= 15 is 0 Å². The molecule has 1 N–H and O–H groups in total. The van der Waals surface area contributed by atoms with Gasteiger partial charge in [0.05, 0.1) is 0 Å². The van der Waals surface area contributed by atoms with Crippen LogP contribution in [-0.4, -0.2) is 10.1 Å². The number of pyridine rings is 1. The van der Waals surface area contributed by atoms with Crippen LogP contribution in [0.3, 0.4) is 0 Å². The topological polar surface area (TPSA) is 33.1 Å². The Bertz CT molecular complexity index is 318. The molecule has 70 valence electrons. The lowest BCUT2D eigenvalue weighted by atomic mass is 10.1. The lowest BCUT2D eigenvalue weighted by molar-refractivity contribution is 0.214. The van der Waals surface area contributed by atoms with Gasteiger partial charge in [0, 0.05) is 26.9 Å². The molecule has 13 heavy (non-hydrogen) atoms. The molecule has 1 aromatic heterocycles. The van der Waals surface area contributed by atoms with Crippen LogP contribution < -0.4 is 0 Å². The molecule has 1 aromatic rings. The van der Waals surface area contributed by atoms with Gasteiger partial charge < -0.3 is 5.11 Å². The number of halogens is 2. The number of aliphatic hydroxyl groups excluding tert-OH is 1. The molecule has 1 heterocycles. The van der Waals surface area contributed by atoms with Crippen LogP contribution in [0.1, 0.15) is 18.6 Å². The number of hydrogen-bond acceptors (Lipinski definition) is 2. The van der Waals surface area contributed by atoms with Gasteiger partial charge >= 0.3 is 0 Å². The fourth-order valence-electron chi connectivity index (χ4n) is 0.929. The maximum Gasteiger partial charge on any atom is 0.102 e. The molecule has 2 nitrogen and oxygen atoms in total.